The summed E-state index contributed by atoms with van der Waals surface area (Å²) in [4.78, 5) is 26.2. The van der Waals surface area contributed by atoms with Crippen LogP contribution in [0.15, 0.2) is 18.2 Å². The minimum atomic E-state index is -0.468. The molecule has 0 aliphatic carbocycles. The van der Waals surface area contributed by atoms with E-state index < -0.39 is 11.7 Å². The molecule has 1 amide bonds. The highest BCUT2D eigenvalue weighted by Gasteiger charge is 2.36. The number of nitrogens with one attached hydrogen (secondary N) is 1. The van der Waals surface area contributed by atoms with Gasteiger partial charge >= 0.3 is 0 Å². The van der Waals surface area contributed by atoms with Crippen LogP contribution in [0.3, 0.4) is 0 Å². The minimum absolute atomic E-state index is 0.119. The van der Waals surface area contributed by atoms with Crippen molar-refractivity contribution < 1.29 is 19.0 Å². The van der Waals surface area contributed by atoms with Gasteiger partial charge < -0.3 is 25.1 Å². The van der Waals surface area contributed by atoms with E-state index in [0.29, 0.717) is 27.9 Å². The van der Waals surface area contributed by atoms with Crippen LogP contribution in [-0.2, 0) is 0 Å². The van der Waals surface area contributed by atoms with E-state index in [1.165, 1.54) is 18.2 Å². The SMILES string of the molecule is Cc1nc(C2CN(C(=O)c3ccc(F)cc3OC3CCN(CCCO)CC3)CC2=N)nc(C)c1Cl. The van der Waals surface area contributed by atoms with Gasteiger partial charge in [-0.05, 0) is 45.2 Å². The molecule has 2 fully saturated rings. The number of benzene rings is 1. The summed E-state index contributed by atoms with van der Waals surface area (Å²) in [6.07, 6.45) is 2.14. The van der Waals surface area contributed by atoms with Crippen molar-refractivity contribution in [3.05, 3.63) is 51.8 Å². The van der Waals surface area contributed by atoms with Gasteiger partial charge in [-0.25, -0.2) is 14.4 Å². The third-order valence-corrected chi connectivity index (χ3v) is 7.17. The Morgan fingerprint density at radius 3 is 2.60 bits per heavy atom. The lowest BCUT2D eigenvalue weighted by Gasteiger charge is -2.32. The first-order valence-corrected chi connectivity index (χ1v) is 12.3. The molecule has 2 saturated heterocycles. The van der Waals surface area contributed by atoms with Crippen molar-refractivity contribution in [1.82, 2.24) is 19.8 Å². The van der Waals surface area contributed by atoms with Crippen LogP contribution >= 0.6 is 11.6 Å². The van der Waals surface area contributed by atoms with E-state index in [9.17, 15) is 9.18 Å². The van der Waals surface area contributed by atoms with Crippen LogP contribution in [0.25, 0.3) is 0 Å². The van der Waals surface area contributed by atoms with Gasteiger partial charge in [0.2, 0.25) is 0 Å². The maximum absolute atomic E-state index is 14.1. The second-order valence-electron chi connectivity index (χ2n) is 9.21. The molecule has 0 saturated carbocycles. The molecule has 1 atom stereocenters. The third-order valence-electron chi connectivity index (χ3n) is 6.62. The van der Waals surface area contributed by atoms with E-state index in [0.717, 1.165) is 38.9 Å². The number of likely N-dealkylation sites (tertiary alicyclic amines) is 2. The zero-order valence-electron chi connectivity index (χ0n) is 20.1. The maximum atomic E-state index is 14.1. The number of carbonyl (C=O) groups excluding carboxylic acids is 1. The van der Waals surface area contributed by atoms with Gasteiger partial charge in [0.1, 0.15) is 23.5 Å². The van der Waals surface area contributed by atoms with Crippen LogP contribution in [-0.4, -0.2) is 81.9 Å². The number of ether oxygens (including phenoxy) is 1. The van der Waals surface area contributed by atoms with Crippen molar-refractivity contribution in [1.29, 1.82) is 5.41 Å². The van der Waals surface area contributed by atoms with Crippen molar-refractivity contribution in [2.45, 2.75) is 45.1 Å². The van der Waals surface area contributed by atoms with Gasteiger partial charge in [-0.3, -0.25) is 4.79 Å². The Hall–Kier alpha value is -2.62. The fourth-order valence-electron chi connectivity index (χ4n) is 4.65. The quantitative estimate of drug-likeness (QED) is 0.600. The van der Waals surface area contributed by atoms with Crippen LogP contribution in [0, 0.1) is 25.1 Å². The Balaban J connectivity index is 1.47. The van der Waals surface area contributed by atoms with Crippen LogP contribution < -0.4 is 4.74 Å². The maximum Gasteiger partial charge on any atom is 0.257 e. The van der Waals surface area contributed by atoms with E-state index >= 15 is 0 Å². The second kappa shape index (κ2) is 11.0. The van der Waals surface area contributed by atoms with Crippen molar-refractivity contribution in [3.63, 3.8) is 0 Å². The van der Waals surface area contributed by atoms with Crippen molar-refractivity contribution >= 4 is 23.2 Å². The highest BCUT2D eigenvalue weighted by molar-refractivity contribution is 6.31. The van der Waals surface area contributed by atoms with E-state index in [2.05, 4.69) is 14.9 Å². The van der Waals surface area contributed by atoms with E-state index in [1.54, 1.807) is 18.7 Å². The lowest BCUT2D eigenvalue weighted by atomic mass is 10.1. The molecule has 4 rings (SSSR count). The first-order chi connectivity index (χ1) is 16.8. The van der Waals surface area contributed by atoms with Crippen LogP contribution in [0.1, 0.15) is 52.8 Å². The van der Waals surface area contributed by atoms with Gasteiger partial charge in [0.05, 0.1) is 34.4 Å². The number of aromatic nitrogens is 2. The number of piperidine rings is 1. The molecule has 0 radical (unpaired) electrons. The summed E-state index contributed by atoms with van der Waals surface area (Å²) in [6, 6.07) is 3.97. The Bertz CT molecular complexity index is 1080. The summed E-state index contributed by atoms with van der Waals surface area (Å²) in [5.41, 5.74) is 1.91. The highest BCUT2D eigenvalue weighted by atomic mass is 35.5. The van der Waals surface area contributed by atoms with Crippen LogP contribution in [0.2, 0.25) is 5.02 Å². The lowest BCUT2D eigenvalue weighted by Crippen LogP contribution is -2.39. The molecule has 1 unspecified atom stereocenters. The summed E-state index contributed by atoms with van der Waals surface area (Å²) in [5.74, 6) is -0.484. The number of rotatable bonds is 7. The van der Waals surface area contributed by atoms with Gasteiger partial charge in [-0.1, -0.05) is 11.6 Å². The number of aliphatic hydroxyl groups is 1. The standard InChI is InChI=1S/C25H31ClFN5O3/c1-15-23(26)16(2)30-24(29-15)20-13-32(14-21(20)28)25(34)19-5-4-17(27)12-22(19)35-18-6-9-31(10-7-18)8-3-11-33/h4-5,12,18,20,28,33H,3,6-11,13-14H2,1-2H3. The van der Waals surface area contributed by atoms with Crippen molar-refractivity contribution in [2.24, 2.45) is 0 Å². The predicted octanol–water partition coefficient (Wildman–Crippen LogP) is 3.37. The van der Waals surface area contributed by atoms with Gasteiger partial charge in [0.15, 0.2) is 0 Å². The number of halogens is 2. The number of aliphatic hydroxyl groups excluding tert-OH is 1. The molecule has 0 bridgehead atoms. The Labute approximate surface area is 209 Å². The van der Waals surface area contributed by atoms with Gasteiger partial charge in [0, 0.05) is 44.6 Å². The number of hydrogen-bond donors (Lipinski definition) is 2. The molecule has 1 aromatic heterocycles. The molecule has 35 heavy (non-hydrogen) atoms. The molecule has 188 valence electrons. The van der Waals surface area contributed by atoms with E-state index in [-0.39, 0.29) is 43.0 Å². The molecular weight excluding hydrogens is 473 g/mol. The van der Waals surface area contributed by atoms with Crippen LogP contribution in [0.5, 0.6) is 5.75 Å². The first-order valence-electron chi connectivity index (χ1n) is 11.9. The molecule has 2 N–H and O–H groups in total. The number of amides is 1. The first kappa shape index (κ1) is 25.5. The molecule has 1 aromatic carbocycles. The fraction of sp³-hybridized carbons (Fsp3) is 0.520. The number of hydrogen-bond acceptors (Lipinski definition) is 7. The molecule has 2 aromatic rings. The zero-order chi connectivity index (χ0) is 25.1. The van der Waals surface area contributed by atoms with Gasteiger partial charge in [-0.15, -0.1) is 0 Å². The predicted molar refractivity (Wildman–Crippen MR) is 131 cm³/mol. The summed E-state index contributed by atoms with van der Waals surface area (Å²) < 4.78 is 20.2. The average Bonchev–Trinajstić information content (AvgIpc) is 3.23. The molecule has 0 spiro atoms. The topological polar surface area (TPSA) is 103 Å². The molecule has 2 aliphatic rings. The Morgan fingerprint density at radius 2 is 1.94 bits per heavy atom. The van der Waals surface area contributed by atoms with Crippen molar-refractivity contribution in [2.75, 3.05) is 39.3 Å². The molecule has 2 aliphatic heterocycles. The second-order valence-corrected chi connectivity index (χ2v) is 9.58. The van der Waals surface area contributed by atoms with E-state index in [1.807, 2.05) is 0 Å². The summed E-state index contributed by atoms with van der Waals surface area (Å²) >= 11 is 6.19. The van der Waals surface area contributed by atoms with Crippen LogP contribution in [0.4, 0.5) is 4.39 Å². The highest BCUT2D eigenvalue weighted by Crippen LogP contribution is 2.30. The monoisotopic (exact) mass is 503 g/mol. The average molecular weight is 504 g/mol. The Kier molecular flexibility index (Phi) is 7.98. The normalized spacial score (nSPS) is 19.4. The number of aryl methyl sites for hydroxylation is 2. The van der Waals surface area contributed by atoms with E-state index in [4.69, 9.17) is 26.9 Å². The van der Waals surface area contributed by atoms with Crippen molar-refractivity contribution in [3.8, 4) is 5.75 Å². The Morgan fingerprint density at radius 1 is 1.26 bits per heavy atom. The smallest absolute Gasteiger partial charge is 0.257 e. The summed E-state index contributed by atoms with van der Waals surface area (Å²) in [5, 5.41) is 18.0. The molecule has 3 heterocycles. The minimum Gasteiger partial charge on any atom is -0.489 e. The molecule has 8 nitrogen and oxygen atoms in total. The third kappa shape index (κ3) is 5.79. The largest absolute Gasteiger partial charge is 0.489 e. The molecule has 10 heteroatoms. The number of nitrogens with zero attached hydrogens (tertiary/aromatic N) is 4. The van der Waals surface area contributed by atoms with Gasteiger partial charge in [-0.2, -0.15) is 0 Å². The zero-order valence-corrected chi connectivity index (χ0v) is 20.8. The fourth-order valence-corrected chi connectivity index (χ4v) is 4.74. The van der Waals surface area contributed by atoms with Gasteiger partial charge in [0.25, 0.3) is 5.91 Å². The summed E-state index contributed by atoms with van der Waals surface area (Å²) in [7, 11) is 0. The lowest BCUT2D eigenvalue weighted by molar-refractivity contribution is 0.0767. The number of carbonyl (C=O) groups is 1. The summed E-state index contributed by atoms with van der Waals surface area (Å²) in [6.45, 7) is 6.66. The molecular formula is C25H31ClFN5O3.